The highest BCUT2D eigenvalue weighted by Crippen LogP contribution is 2.49. The molecule has 2 N–H and O–H groups in total. The number of benzene rings is 1. The Balaban J connectivity index is 1.60. The van der Waals surface area contributed by atoms with Gasteiger partial charge in [0, 0.05) is 34.2 Å². The fraction of sp³-hybridized carbons (Fsp3) is 0.368. The van der Waals surface area contributed by atoms with Crippen LogP contribution in [-0.4, -0.2) is 11.8 Å². The third-order valence-corrected chi connectivity index (χ3v) is 5.45. The normalized spacial score (nSPS) is 20.3. The van der Waals surface area contributed by atoms with Crippen LogP contribution >= 0.6 is 11.3 Å². The van der Waals surface area contributed by atoms with E-state index in [1.54, 1.807) is 11.3 Å². The van der Waals surface area contributed by atoms with Gasteiger partial charge in [-0.05, 0) is 50.1 Å². The fourth-order valence-electron chi connectivity index (χ4n) is 2.94. The highest BCUT2D eigenvalue weighted by molar-refractivity contribution is 7.12. The lowest BCUT2D eigenvalue weighted by atomic mass is 10.1. The van der Waals surface area contributed by atoms with E-state index in [1.165, 1.54) is 16.7 Å². The predicted octanol–water partition coefficient (Wildman–Crippen LogP) is 4.00. The summed E-state index contributed by atoms with van der Waals surface area (Å²) in [6.07, 6.45) is 0.935. The van der Waals surface area contributed by atoms with E-state index >= 15 is 0 Å². The molecule has 126 valence electrons. The van der Waals surface area contributed by atoms with Crippen LogP contribution in [0.3, 0.4) is 0 Å². The van der Waals surface area contributed by atoms with Crippen molar-refractivity contribution in [2.45, 2.75) is 39.2 Å². The smallest absolute Gasteiger partial charge is 0.224 e. The molecule has 0 bridgehead atoms. The van der Waals surface area contributed by atoms with Crippen LogP contribution in [0.5, 0.6) is 0 Å². The van der Waals surface area contributed by atoms with Crippen LogP contribution in [0.1, 0.15) is 47.5 Å². The molecule has 0 aliphatic heterocycles. The first-order valence-electron chi connectivity index (χ1n) is 8.18. The first-order valence-corrected chi connectivity index (χ1v) is 9.00. The van der Waals surface area contributed by atoms with Crippen LogP contribution in [-0.2, 0) is 9.59 Å². The van der Waals surface area contributed by atoms with Crippen molar-refractivity contribution in [2.24, 2.45) is 5.92 Å². The van der Waals surface area contributed by atoms with Gasteiger partial charge in [0.15, 0.2) is 0 Å². The number of amides is 2. The maximum atomic E-state index is 12.5. The van der Waals surface area contributed by atoms with Gasteiger partial charge < -0.3 is 10.6 Å². The molecule has 5 heteroatoms. The van der Waals surface area contributed by atoms with Crippen molar-refractivity contribution < 1.29 is 9.59 Å². The summed E-state index contributed by atoms with van der Waals surface area (Å²) in [6, 6.07) is 11.8. The standard InChI is InChI=1S/C19H22N2O2S/c1-11-7-8-18(24-11)16-10-17(16)19(23)20-12(2)14-5-4-6-15(9-14)21-13(3)22/h4-9,12,16-17H,10H2,1-3H3,(H,20,23)(H,21,22)/t12-,16-,17-/m0/s1. The van der Waals surface area contributed by atoms with Gasteiger partial charge in [0.2, 0.25) is 11.8 Å². The Labute approximate surface area is 146 Å². The number of hydrogen-bond acceptors (Lipinski definition) is 3. The van der Waals surface area contributed by atoms with E-state index in [4.69, 9.17) is 0 Å². The van der Waals surface area contributed by atoms with Gasteiger partial charge >= 0.3 is 0 Å². The van der Waals surface area contributed by atoms with E-state index in [2.05, 4.69) is 29.7 Å². The summed E-state index contributed by atoms with van der Waals surface area (Å²) < 4.78 is 0. The zero-order valence-electron chi connectivity index (χ0n) is 14.1. The molecule has 2 aromatic rings. The third kappa shape index (κ3) is 3.85. The molecule has 1 aromatic heterocycles. The van der Waals surface area contributed by atoms with Crippen LogP contribution in [0, 0.1) is 12.8 Å². The molecule has 1 aromatic carbocycles. The van der Waals surface area contributed by atoms with E-state index < -0.39 is 0 Å². The minimum absolute atomic E-state index is 0.0856. The van der Waals surface area contributed by atoms with Crippen molar-refractivity contribution in [1.82, 2.24) is 5.32 Å². The average molecular weight is 342 g/mol. The summed E-state index contributed by atoms with van der Waals surface area (Å²) in [5.74, 6) is 0.477. The monoisotopic (exact) mass is 342 g/mol. The zero-order chi connectivity index (χ0) is 17.3. The Morgan fingerprint density at radius 2 is 2.04 bits per heavy atom. The van der Waals surface area contributed by atoms with E-state index in [-0.39, 0.29) is 23.8 Å². The van der Waals surface area contributed by atoms with Gasteiger partial charge in [-0.15, -0.1) is 11.3 Å². The number of carbonyl (C=O) groups excluding carboxylic acids is 2. The molecule has 1 heterocycles. The number of hydrogen-bond donors (Lipinski definition) is 2. The van der Waals surface area contributed by atoms with Gasteiger partial charge in [-0.3, -0.25) is 9.59 Å². The molecule has 1 fully saturated rings. The van der Waals surface area contributed by atoms with Crippen molar-refractivity contribution in [3.05, 3.63) is 51.7 Å². The van der Waals surface area contributed by atoms with Gasteiger partial charge in [-0.25, -0.2) is 0 Å². The highest BCUT2D eigenvalue weighted by Gasteiger charge is 2.44. The lowest BCUT2D eigenvalue weighted by molar-refractivity contribution is -0.123. The predicted molar refractivity (Wildman–Crippen MR) is 97.2 cm³/mol. The number of thiophene rings is 1. The molecule has 2 amide bonds. The van der Waals surface area contributed by atoms with Crippen LogP contribution in [0.15, 0.2) is 36.4 Å². The Hall–Kier alpha value is -2.14. The van der Waals surface area contributed by atoms with Gasteiger partial charge in [0.25, 0.3) is 0 Å². The summed E-state index contributed by atoms with van der Waals surface area (Å²) in [5.41, 5.74) is 1.73. The number of rotatable bonds is 5. The average Bonchev–Trinajstić information content (AvgIpc) is 3.22. The fourth-order valence-corrected chi connectivity index (χ4v) is 4.00. The van der Waals surface area contributed by atoms with Crippen molar-refractivity contribution >= 4 is 28.8 Å². The lowest BCUT2D eigenvalue weighted by Gasteiger charge is -2.15. The summed E-state index contributed by atoms with van der Waals surface area (Å²) >= 11 is 1.78. The molecule has 3 atom stereocenters. The molecule has 4 nitrogen and oxygen atoms in total. The van der Waals surface area contributed by atoms with E-state index in [9.17, 15) is 9.59 Å². The maximum Gasteiger partial charge on any atom is 0.224 e. The van der Waals surface area contributed by atoms with Crippen molar-refractivity contribution in [2.75, 3.05) is 5.32 Å². The molecule has 24 heavy (non-hydrogen) atoms. The Morgan fingerprint density at radius 3 is 2.71 bits per heavy atom. The quantitative estimate of drug-likeness (QED) is 0.863. The maximum absolute atomic E-state index is 12.5. The van der Waals surface area contributed by atoms with Gasteiger partial charge in [0.05, 0.1) is 6.04 Å². The number of carbonyl (C=O) groups is 2. The molecular formula is C19H22N2O2S. The first-order chi connectivity index (χ1) is 11.4. The third-order valence-electron chi connectivity index (χ3n) is 4.32. The molecule has 3 rings (SSSR count). The van der Waals surface area contributed by atoms with Crippen molar-refractivity contribution in [3.63, 3.8) is 0 Å². The summed E-state index contributed by atoms with van der Waals surface area (Å²) in [7, 11) is 0. The summed E-state index contributed by atoms with van der Waals surface area (Å²) in [4.78, 5) is 26.2. The second-order valence-corrected chi connectivity index (χ2v) is 7.75. The van der Waals surface area contributed by atoms with E-state index in [1.807, 2.05) is 31.2 Å². The molecule has 1 aliphatic carbocycles. The molecule has 0 spiro atoms. The number of nitrogens with one attached hydrogen (secondary N) is 2. The van der Waals surface area contributed by atoms with Crippen LogP contribution in [0.25, 0.3) is 0 Å². The van der Waals surface area contributed by atoms with Crippen molar-refractivity contribution in [3.8, 4) is 0 Å². The molecule has 0 unspecified atom stereocenters. The molecule has 1 saturated carbocycles. The molecule has 0 saturated heterocycles. The van der Waals surface area contributed by atoms with Gasteiger partial charge in [-0.2, -0.15) is 0 Å². The largest absolute Gasteiger partial charge is 0.349 e. The van der Waals surface area contributed by atoms with Gasteiger partial charge in [-0.1, -0.05) is 12.1 Å². The highest BCUT2D eigenvalue weighted by atomic mass is 32.1. The van der Waals surface area contributed by atoms with Crippen molar-refractivity contribution in [1.29, 1.82) is 0 Å². The van der Waals surface area contributed by atoms with E-state index in [0.717, 1.165) is 17.7 Å². The van der Waals surface area contributed by atoms with Crippen LogP contribution < -0.4 is 10.6 Å². The zero-order valence-corrected chi connectivity index (χ0v) is 14.9. The van der Waals surface area contributed by atoms with E-state index in [0.29, 0.717) is 5.92 Å². The molecule has 0 radical (unpaired) electrons. The van der Waals surface area contributed by atoms with Crippen LogP contribution in [0.4, 0.5) is 5.69 Å². The first kappa shape index (κ1) is 16.7. The Bertz CT molecular complexity index is 768. The molecular weight excluding hydrogens is 320 g/mol. The number of anilines is 1. The second kappa shape index (κ2) is 6.77. The second-order valence-electron chi connectivity index (χ2n) is 6.43. The Kier molecular flexibility index (Phi) is 4.71. The minimum atomic E-state index is -0.101. The summed E-state index contributed by atoms with van der Waals surface area (Å²) in [6.45, 7) is 5.55. The SMILES string of the molecule is CC(=O)Nc1cccc([C@H](C)NC(=O)[C@H]2C[C@@H]2c2ccc(C)s2)c1. The lowest BCUT2D eigenvalue weighted by Crippen LogP contribution is -2.28. The van der Waals surface area contributed by atoms with Gasteiger partial charge in [0.1, 0.15) is 0 Å². The van der Waals surface area contributed by atoms with Crippen LogP contribution in [0.2, 0.25) is 0 Å². The summed E-state index contributed by atoms with van der Waals surface area (Å²) in [5, 5.41) is 5.87. The molecule has 1 aliphatic rings. The number of aryl methyl sites for hydroxylation is 1. The minimum Gasteiger partial charge on any atom is -0.349 e. The topological polar surface area (TPSA) is 58.2 Å². The Morgan fingerprint density at radius 1 is 1.25 bits per heavy atom.